The number of rotatable bonds is 3. The van der Waals surface area contributed by atoms with Gasteiger partial charge in [0.1, 0.15) is 11.6 Å². The molecular weight excluding hydrogens is 382 g/mol. The zero-order chi connectivity index (χ0) is 14.0. The van der Waals surface area contributed by atoms with Crippen molar-refractivity contribution in [3.8, 4) is 0 Å². The largest absolute Gasteiger partial charge is 0.294 e. The van der Waals surface area contributed by atoms with E-state index in [1.807, 2.05) is 0 Å². The average Bonchev–Trinajstić information content (AvgIpc) is 2.35. The summed E-state index contributed by atoms with van der Waals surface area (Å²) < 4.78 is 27.9. The zero-order valence-electron chi connectivity index (χ0n) is 9.59. The molecule has 2 rings (SSSR count). The molecule has 0 aliphatic heterocycles. The van der Waals surface area contributed by atoms with E-state index < -0.39 is 11.6 Å². The first-order valence-electron chi connectivity index (χ1n) is 5.39. The summed E-state index contributed by atoms with van der Waals surface area (Å²) in [5.41, 5.74) is 0.492. The van der Waals surface area contributed by atoms with Gasteiger partial charge in [0, 0.05) is 20.9 Å². The second-order valence-electron chi connectivity index (χ2n) is 3.96. The van der Waals surface area contributed by atoms with Crippen molar-refractivity contribution in [2.45, 2.75) is 6.42 Å². The number of hydrogen-bond donors (Lipinski definition) is 0. The highest BCUT2D eigenvalue weighted by molar-refractivity contribution is 9.10. The third-order valence-electron chi connectivity index (χ3n) is 2.59. The van der Waals surface area contributed by atoms with Gasteiger partial charge in [-0.2, -0.15) is 0 Å². The van der Waals surface area contributed by atoms with Crippen molar-refractivity contribution < 1.29 is 13.6 Å². The number of ketones is 1. The van der Waals surface area contributed by atoms with E-state index in [-0.39, 0.29) is 23.3 Å². The lowest BCUT2D eigenvalue weighted by atomic mass is 10.0. The van der Waals surface area contributed by atoms with Gasteiger partial charge in [-0.1, -0.05) is 37.9 Å². The van der Waals surface area contributed by atoms with Crippen LogP contribution in [0.25, 0.3) is 0 Å². The number of carbonyl (C=O) groups is 1. The molecule has 0 amide bonds. The highest BCUT2D eigenvalue weighted by Gasteiger charge is 2.14. The molecule has 0 bridgehead atoms. The molecule has 1 nitrogen and oxygen atoms in total. The second-order valence-corrected chi connectivity index (χ2v) is 5.73. The van der Waals surface area contributed by atoms with Gasteiger partial charge in [0.2, 0.25) is 0 Å². The van der Waals surface area contributed by atoms with Gasteiger partial charge >= 0.3 is 0 Å². The highest BCUT2D eigenvalue weighted by Crippen LogP contribution is 2.22. The smallest absolute Gasteiger partial charge is 0.168 e. The van der Waals surface area contributed by atoms with Crippen LogP contribution in [0.2, 0.25) is 0 Å². The minimum Gasteiger partial charge on any atom is -0.294 e. The third-order valence-corrected chi connectivity index (χ3v) is 3.78. The molecule has 5 heteroatoms. The Labute approximate surface area is 125 Å². The van der Waals surface area contributed by atoms with Crippen molar-refractivity contribution in [2.24, 2.45) is 0 Å². The van der Waals surface area contributed by atoms with Gasteiger partial charge in [-0.15, -0.1) is 0 Å². The molecule has 0 unspecified atom stereocenters. The maximum absolute atomic E-state index is 13.6. The molecule has 0 saturated carbocycles. The fourth-order valence-corrected chi connectivity index (χ4v) is 2.45. The summed E-state index contributed by atoms with van der Waals surface area (Å²) in [5, 5.41) is 0. The normalized spacial score (nSPS) is 10.5. The molecule has 0 aromatic heterocycles. The summed E-state index contributed by atoms with van der Waals surface area (Å²) in [6.07, 6.45) is -0.110. The van der Waals surface area contributed by atoms with E-state index in [0.717, 1.165) is 6.07 Å². The fraction of sp³-hybridized carbons (Fsp3) is 0.0714. The van der Waals surface area contributed by atoms with Gasteiger partial charge in [0.25, 0.3) is 0 Å². The SMILES string of the molecule is O=C(Cc1ccc(Br)cc1F)c1cc(F)ccc1Br. The Balaban J connectivity index is 2.28. The van der Waals surface area contributed by atoms with E-state index in [0.29, 0.717) is 8.95 Å². The van der Waals surface area contributed by atoms with Crippen molar-refractivity contribution >= 4 is 37.6 Å². The molecule has 2 aromatic rings. The maximum atomic E-state index is 13.6. The third kappa shape index (κ3) is 3.48. The molecule has 0 N–H and O–H groups in total. The van der Waals surface area contributed by atoms with E-state index >= 15 is 0 Å². The van der Waals surface area contributed by atoms with Crippen LogP contribution in [0, 0.1) is 11.6 Å². The summed E-state index contributed by atoms with van der Waals surface area (Å²) in [6.45, 7) is 0. The van der Waals surface area contributed by atoms with Gasteiger partial charge in [-0.05, 0) is 35.9 Å². The molecule has 2 aromatic carbocycles. The molecule has 98 valence electrons. The lowest BCUT2D eigenvalue weighted by molar-refractivity contribution is 0.0990. The van der Waals surface area contributed by atoms with Crippen LogP contribution in [0.5, 0.6) is 0 Å². The number of halogens is 4. The van der Waals surface area contributed by atoms with Crippen molar-refractivity contribution in [3.05, 3.63) is 68.1 Å². The number of carbonyl (C=O) groups excluding carboxylic acids is 1. The molecule has 0 atom stereocenters. The van der Waals surface area contributed by atoms with Crippen LogP contribution in [0.3, 0.4) is 0 Å². The Kier molecular flexibility index (Phi) is 4.47. The average molecular weight is 390 g/mol. The van der Waals surface area contributed by atoms with Crippen LogP contribution in [-0.2, 0) is 6.42 Å². The first-order valence-corrected chi connectivity index (χ1v) is 6.98. The molecular formula is C14H8Br2F2O. The topological polar surface area (TPSA) is 17.1 Å². The second kappa shape index (κ2) is 5.92. The quantitative estimate of drug-likeness (QED) is 0.681. The minimum absolute atomic E-state index is 0.110. The van der Waals surface area contributed by atoms with Crippen molar-refractivity contribution in [2.75, 3.05) is 0 Å². The van der Waals surface area contributed by atoms with Crippen LogP contribution < -0.4 is 0 Å². The van der Waals surface area contributed by atoms with E-state index in [4.69, 9.17) is 0 Å². The lowest BCUT2D eigenvalue weighted by Gasteiger charge is -2.06. The van der Waals surface area contributed by atoms with Gasteiger partial charge in [0.05, 0.1) is 0 Å². The lowest BCUT2D eigenvalue weighted by Crippen LogP contribution is -2.06. The van der Waals surface area contributed by atoms with E-state index in [2.05, 4.69) is 31.9 Å². The molecule has 19 heavy (non-hydrogen) atoms. The van der Waals surface area contributed by atoms with Crippen LogP contribution in [0.1, 0.15) is 15.9 Å². The Morgan fingerprint density at radius 2 is 1.79 bits per heavy atom. The van der Waals surface area contributed by atoms with Crippen LogP contribution in [0.4, 0.5) is 8.78 Å². The molecule has 0 aliphatic carbocycles. The molecule has 0 fully saturated rings. The molecule has 0 heterocycles. The summed E-state index contributed by atoms with van der Waals surface area (Å²) in [7, 11) is 0. The summed E-state index contributed by atoms with van der Waals surface area (Å²) in [4.78, 5) is 12.0. The predicted molar refractivity (Wildman–Crippen MR) is 76.2 cm³/mol. The fourth-order valence-electron chi connectivity index (χ4n) is 1.64. The number of benzene rings is 2. The summed E-state index contributed by atoms with van der Waals surface area (Å²) in [6, 6.07) is 8.34. The first-order chi connectivity index (χ1) is 8.97. The first kappa shape index (κ1) is 14.3. The predicted octanol–water partition coefficient (Wildman–Crippen LogP) is 4.92. The minimum atomic E-state index is -0.497. The Hall–Kier alpha value is -1.07. The number of hydrogen-bond acceptors (Lipinski definition) is 1. The van der Waals surface area contributed by atoms with Crippen molar-refractivity contribution in [1.29, 1.82) is 0 Å². The number of Topliss-reactive ketones (excluding diaryl/α,β-unsaturated/α-hetero) is 1. The van der Waals surface area contributed by atoms with Gasteiger partial charge in [-0.3, -0.25) is 4.79 Å². The van der Waals surface area contributed by atoms with Gasteiger partial charge in [-0.25, -0.2) is 8.78 Å². The zero-order valence-corrected chi connectivity index (χ0v) is 12.8. The Bertz CT molecular complexity index is 641. The van der Waals surface area contributed by atoms with E-state index in [1.165, 1.54) is 24.3 Å². The van der Waals surface area contributed by atoms with Crippen LogP contribution in [-0.4, -0.2) is 5.78 Å². The van der Waals surface area contributed by atoms with Gasteiger partial charge < -0.3 is 0 Å². The monoisotopic (exact) mass is 388 g/mol. The van der Waals surface area contributed by atoms with Crippen molar-refractivity contribution in [3.63, 3.8) is 0 Å². The van der Waals surface area contributed by atoms with E-state index in [9.17, 15) is 13.6 Å². The Morgan fingerprint density at radius 1 is 1.05 bits per heavy atom. The Morgan fingerprint density at radius 3 is 2.47 bits per heavy atom. The molecule has 0 saturated heterocycles. The standard InChI is InChI=1S/C14H8Br2F2O/c15-9-2-1-8(13(18)6-9)5-14(19)11-7-10(17)3-4-12(11)16/h1-4,6-7H,5H2. The van der Waals surface area contributed by atoms with Crippen LogP contribution >= 0.6 is 31.9 Å². The maximum Gasteiger partial charge on any atom is 0.168 e. The van der Waals surface area contributed by atoms with Crippen LogP contribution in [0.15, 0.2) is 45.3 Å². The molecule has 0 spiro atoms. The summed E-state index contributed by atoms with van der Waals surface area (Å²) in [5.74, 6) is -1.30. The highest BCUT2D eigenvalue weighted by atomic mass is 79.9. The van der Waals surface area contributed by atoms with Gasteiger partial charge in [0.15, 0.2) is 5.78 Å². The molecule has 0 aliphatic rings. The van der Waals surface area contributed by atoms with Crippen molar-refractivity contribution in [1.82, 2.24) is 0 Å². The summed E-state index contributed by atoms with van der Waals surface area (Å²) >= 11 is 6.33. The van der Waals surface area contributed by atoms with E-state index in [1.54, 1.807) is 6.07 Å². The molecule has 0 radical (unpaired) electrons.